The van der Waals surface area contributed by atoms with E-state index in [2.05, 4.69) is 0 Å². The highest BCUT2D eigenvalue weighted by Crippen LogP contribution is 2.28. The van der Waals surface area contributed by atoms with E-state index in [0.29, 0.717) is 0 Å². The first-order chi connectivity index (χ1) is 8.70. The third-order valence-electron chi connectivity index (χ3n) is 3.94. The van der Waals surface area contributed by atoms with Crippen LogP contribution >= 0.6 is 0 Å². The van der Waals surface area contributed by atoms with Crippen LogP contribution < -0.4 is 0 Å². The minimum atomic E-state index is -1.27. The molecule has 0 N–H and O–H groups in total. The van der Waals surface area contributed by atoms with Gasteiger partial charge in [0.15, 0.2) is 0 Å². The number of esters is 1. The van der Waals surface area contributed by atoms with Crippen molar-refractivity contribution in [2.75, 3.05) is 20.2 Å². The largest absolute Gasteiger partial charge is 0.469 e. The fourth-order valence-electron chi connectivity index (χ4n) is 2.79. The van der Waals surface area contributed by atoms with Crippen molar-refractivity contribution in [1.29, 1.82) is 0 Å². The Morgan fingerprint density at radius 1 is 1.22 bits per heavy atom. The van der Waals surface area contributed by atoms with Crippen molar-refractivity contribution in [3.05, 3.63) is 0 Å². The van der Waals surface area contributed by atoms with Crippen LogP contribution in [0, 0.1) is 5.92 Å². The summed E-state index contributed by atoms with van der Waals surface area (Å²) in [5, 5.41) is 0. The standard InChI is InChI=1S/C13H22FNO3/c1-17-12(16)10-4-6-11(7-5-10)18-13(14)15-8-2-3-9-15/h10-11,13H,2-9H2,1H3. The molecule has 0 aromatic carbocycles. The fraction of sp³-hybridized carbons (Fsp3) is 0.923. The van der Waals surface area contributed by atoms with E-state index < -0.39 is 6.48 Å². The van der Waals surface area contributed by atoms with Gasteiger partial charge in [-0.15, -0.1) is 0 Å². The zero-order valence-electron chi connectivity index (χ0n) is 10.9. The van der Waals surface area contributed by atoms with E-state index in [-0.39, 0.29) is 18.0 Å². The number of nitrogens with zero attached hydrogens (tertiary/aromatic N) is 1. The van der Waals surface area contributed by atoms with Gasteiger partial charge < -0.3 is 9.47 Å². The number of rotatable bonds is 4. The summed E-state index contributed by atoms with van der Waals surface area (Å²) < 4.78 is 24.0. The molecular weight excluding hydrogens is 237 g/mol. The van der Waals surface area contributed by atoms with Crippen molar-refractivity contribution in [2.45, 2.75) is 51.1 Å². The highest BCUT2D eigenvalue weighted by molar-refractivity contribution is 5.72. The number of ether oxygens (including phenoxy) is 2. The lowest BCUT2D eigenvalue weighted by Gasteiger charge is -2.30. The van der Waals surface area contributed by atoms with Gasteiger partial charge in [-0.1, -0.05) is 0 Å². The van der Waals surface area contributed by atoms with Gasteiger partial charge in [0, 0.05) is 13.1 Å². The summed E-state index contributed by atoms with van der Waals surface area (Å²) in [7, 11) is 1.41. The van der Waals surface area contributed by atoms with E-state index in [9.17, 15) is 9.18 Å². The maximum atomic E-state index is 13.8. The summed E-state index contributed by atoms with van der Waals surface area (Å²) >= 11 is 0. The van der Waals surface area contributed by atoms with E-state index in [0.717, 1.165) is 51.6 Å². The molecule has 1 saturated heterocycles. The zero-order chi connectivity index (χ0) is 13.0. The third kappa shape index (κ3) is 3.42. The smallest absolute Gasteiger partial charge is 0.308 e. The molecule has 4 nitrogen and oxygen atoms in total. The average molecular weight is 259 g/mol. The lowest BCUT2D eigenvalue weighted by Crippen LogP contribution is -2.36. The molecule has 0 bridgehead atoms. The lowest BCUT2D eigenvalue weighted by molar-refractivity contribution is -0.176. The Hall–Kier alpha value is -0.680. The zero-order valence-corrected chi connectivity index (χ0v) is 10.9. The van der Waals surface area contributed by atoms with Crippen molar-refractivity contribution in [3.63, 3.8) is 0 Å². The Morgan fingerprint density at radius 3 is 2.39 bits per heavy atom. The van der Waals surface area contributed by atoms with Crippen LogP contribution in [0.15, 0.2) is 0 Å². The molecule has 5 heteroatoms. The summed E-state index contributed by atoms with van der Waals surface area (Å²) in [4.78, 5) is 13.1. The Balaban J connectivity index is 1.71. The van der Waals surface area contributed by atoms with Gasteiger partial charge in [-0.05, 0) is 38.5 Å². The number of hydrogen-bond acceptors (Lipinski definition) is 4. The van der Waals surface area contributed by atoms with Gasteiger partial charge in [-0.2, -0.15) is 4.39 Å². The van der Waals surface area contributed by atoms with Gasteiger partial charge in [0.05, 0.1) is 19.1 Å². The number of carbonyl (C=O) groups excluding carboxylic acids is 1. The Bertz CT molecular complexity index is 273. The second-order valence-corrected chi connectivity index (χ2v) is 5.17. The predicted molar refractivity (Wildman–Crippen MR) is 64.6 cm³/mol. The SMILES string of the molecule is COC(=O)C1CCC(OC(F)N2CCCC2)CC1. The minimum absolute atomic E-state index is 0.0281. The molecule has 2 fully saturated rings. The van der Waals surface area contributed by atoms with E-state index in [4.69, 9.17) is 9.47 Å². The van der Waals surface area contributed by atoms with Crippen LogP contribution in [0.1, 0.15) is 38.5 Å². The molecule has 2 rings (SSSR count). The van der Waals surface area contributed by atoms with Gasteiger partial charge in [-0.25, -0.2) is 0 Å². The minimum Gasteiger partial charge on any atom is -0.469 e. The molecule has 1 unspecified atom stereocenters. The number of methoxy groups -OCH3 is 1. The van der Waals surface area contributed by atoms with Crippen LogP contribution in [0.3, 0.4) is 0 Å². The van der Waals surface area contributed by atoms with Gasteiger partial charge in [0.25, 0.3) is 6.48 Å². The molecule has 1 aliphatic heterocycles. The first-order valence-electron chi connectivity index (χ1n) is 6.82. The summed E-state index contributed by atoms with van der Waals surface area (Å²) in [6.07, 6.45) is 5.02. The Labute approximate surface area is 107 Å². The number of hydrogen-bond donors (Lipinski definition) is 0. The molecule has 1 aliphatic carbocycles. The van der Waals surface area contributed by atoms with Crippen LogP contribution in [0.5, 0.6) is 0 Å². The van der Waals surface area contributed by atoms with Gasteiger partial charge in [0.1, 0.15) is 0 Å². The average Bonchev–Trinajstić information content (AvgIpc) is 2.92. The number of likely N-dealkylation sites (tertiary alicyclic amines) is 1. The number of alkyl halides is 1. The number of halogens is 1. The van der Waals surface area contributed by atoms with Crippen molar-refractivity contribution in [3.8, 4) is 0 Å². The first-order valence-corrected chi connectivity index (χ1v) is 6.82. The fourth-order valence-corrected chi connectivity index (χ4v) is 2.79. The molecule has 0 spiro atoms. The van der Waals surface area contributed by atoms with E-state index in [1.54, 1.807) is 4.90 Å². The summed E-state index contributed by atoms with van der Waals surface area (Å²) in [5.74, 6) is -0.176. The second-order valence-electron chi connectivity index (χ2n) is 5.17. The second kappa shape index (κ2) is 6.48. The van der Waals surface area contributed by atoms with Gasteiger partial charge in [0.2, 0.25) is 0 Å². The van der Waals surface area contributed by atoms with Crippen LogP contribution in [-0.4, -0.2) is 43.7 Å². The highest BCUT2D eigenvalue weighted by Gasteiger charge is 2.30. The maximum absolute atomic E-state index is 13.8. The molecule has 0 amide bonds. The molecule has 1 heterocycles. The molecule has 2 aliphatic rings. The van der Waals surface area contributed by atoms with E-state index >= 15 is 0 Å². The normalized spacial score (nSPS) is 31.2. The Morgan fingerprint density at radius 2 is 1.83 bits per heavy atom. The first kappa shape index (κ1) is 13.7. The molecule has 1 atom stereocenters. The summed E-state index contributed by atoms with van der Waals surface area (Å²) in [6, 6.07) is 0. The highest BCUT2D eigenvalue weighted by atomic mass is 19.1. The topological polar surface area (TPSA) is 38.8 Å². The number of carbonyl (C=O) groups is 1. The summed E-state index contributed by atoms with van der Waals surface area (Å²) in [6.45, 7) is 0.310. The Kier molecular flexibility index (Phi) is 4.95. The summed E-state index contributed by atoms with van der Waals surface area (Å²) in [5.41, 5.74) is 0. The van der Waals surface area contributed by atoms with Crippen molar-refractivity contribution in [2.24, 2.45) is 5.92 Å². The quantitative estimate of drug-likeness (QED) is 0.572. The lowest BCUT2D eigenvalue weighted by atomic mass is 9.87. The molecule has 0 radical (unpaired) electrons. The van der Waals surface area contributed by atoms with Crippen molar-refractivity contribution in [1.82, 2.24) is 4.90 Å². The predicted octanol–water partition coefficient (Wildman–Crippen LogP) is 2.08. The molecule has 0 aromatic heterocycles. The van der Waals surface area contributed by atoms with Crippen LogP contribution in [-0.2, 0) is 14.3 Å². The molecule has 1 saturated carbocycles. The van der Waals surface area contributed by atoms with Crippen molar-refractivity contribution >= 4 is 5.97 Å². The van der Waals surface area contributed by atoms with Gasteiger partial charge >= 0.3 is 5.97 Å². The third-order valence-corrected chi connectivity index (χ3v) is 3.94. The van der Waals surface area contributed by atoms with E-state index in [1.165, 1.54) is 7.11 Å². The van der Waals surface area contributed by atoms with Crippen LogP contribution in [0.4, 0.5) is 4.39 Å². The maximum Gasteiger partial charge on any atom is 0.308 e. The van der Waals surface area contributed by atoms with Gasteiger partial charge in [-0.3, -0.25) is 9.69 Å². The molecule has 18 heavy (non-hydrogen) atoms. The van der Waals surface area contributed by atoms with E-state index in [1.807, 2.05) is 0 Å². The molecule has 104 valence electrons. The van der Waals surface area contributed by atoms with Crippen LogP contribution in [0.25, 0.3) is 0 Å². The molecular formula is C13H22FNO3. The van der Waals surface area contributed by atoms with Crippen LogP contribution in [0.2, 0.25) is 0 Å². The molecule has 0 aromatic rings. The monoisotopic (exact) mass is 259 g/mol. The van der Waals surface area contributed by atoms with Crippen molar-refractivity contribution < 1.29 is 18.7 Å².